The molecule has 2 aliphatic rings. The number of rotatable bonds is 3. The zero-order chi connectivity index (χ0) is 24.0. The summed E-state index contributed by atoms with van der Waals surface area (Å²) in [7, 11) is 5.74. The summed E-state index contributed by atoms with van der Waals surface area (Å²) in [5.41, 5.74) is 3.04. The van der Waals surface area contributed by atoms with Gasteiger partial charge in [0, 0.05) is 36.2 Å². The molecule has 2 aliphatic heterocycles. The maximum Gasteiger partial charge on any atom is 0.322 e. The van der Waals surface area contributed by atoms with Gasteiger partial charge in [-0.3, -0.25) is 0 Å². The molecule has 1 aromatic heterocycles. The van der Waals surface area contributed by atoms with Crippen molar-refractivity contribution in [2.24, 2.45) is 7.05 Å². The Balaban J connectivity index is 1.65. The average molecular weight is 467 g/mol. The number of carbonyl (C=O) groups is 1. The maximum absolute atomic E-state index is 14.3. The number of hydrogen-bond acceptors (Lipinski definition) is 4. The first-order valence-corrected chi connectivity index (χ1v) is 11.7. The fraction of sp³-hybridized carbons (Fsp3) is 0.423. The van der Waals surface area contributed by atoms with Gasteiger partial charge in [0.25, 0.3) is 0 Å². The van der Waals surface area contributed by atoms with Crippen molar-refractivity contribution in [2.45, 2.75) is 24.3 Å². The fourth-order valence-corrected chi connectivity index (χ4v) is 5.78. The van der Waals surface area contributed by atoms with Crippen LogP contribution in [0.2, 0.25) is 0 Å². The monoisotopic (exact) mass is 466 g/mol. The summed E-state index contributed by atoms with van der Waals surface area (Å²) >= 11 is 0. The summed E-state index contributed by atoms with van der Waals surface area (Å²) in [4.78, 5) is 17.5. The molecular weight excluding hydrogens is 435 g/mol. The van der Waals surface area contributed by atoms with E-state index in [0.717, 1.165) is 48.3 Å². The summed E-state index contributed by atoms with van der Waals surface area (Å²) in [5, 5.41) is 14.4. The Labute approximate surface area is 198 Å². The molecular formula is C26H31FN4O3. The standard InChI is InChI=1S/C26H31FN4O3/c1-29-12-10-26(11-13-29)16-31(25(33)28-20-7-5-4-6-19(20)27)22(15-32)24-23(26)18-9-8-17(34-3)14-21(18)30(24)2/h4-9,14,22,32H,10-13,15-16H2,1-3H3,(H,28,33)/t22-/m1/s1. The highest BCUT2D eigenvalue weighted by Gasteiger charge is 2.49. The molecule has 180 valence electrons. The predicted molar refractivity (Wildman–Crippen MR) is 130 cm³/mol. The van der Waals surface area contributed by atoms with Crippen LogP contribution in [0.15, 0.2) is 42.5 Å². The number of methoxy groups -OCH3 is 1. The van der Waals surface area contributed by atoms with Gasteiger partial charge in [-0.1, -0.05) is 12.1 Å². The van der Waals surface area contributed by atoms with Gasteiger partial charge in [0.1, 0.15) is 11.6 Å². The first-order chi connectivity index (χ1) is 16.4. The summed E-state index contributed by atoms with van der Waals surface area (Å²) in [6, 6.07) is 11.3. The van der Waals surface area contributed by atoms with Gasteiger partial charge in [0.2, 0.25) is 0 Å². The van der Waals surface area contributed by atoms with Crippen molar-refractivity contribution in [3.05, 3.63) is 59.5 Å². The number of fused-ring (bicyclic) bond motifs is 4. The number of likely N-dealkylation sites (tertiary alicyclic amines) is 1. The largest absolute Gasteiger partial charge is 0.497 e. The number of amides is 2. The van der Waals surface area contributed by atoms with Gasteiger partial charge in [-0.25, -0.2) is 9.18 Å². The zero-order valence-electron chi connectivity index (χ0n) is 19.8. The Morgan fingerprint density at radius 1 is 1.21 bits per heavy atom. The van der Waals surface area contributed by atoms with Crippen LogP contribution >= 0.6 is 0 Å². The van der Waals surface area contributed by atoms with Crippen LogP contribution in [-0.4, -0.2) is 65.9 Å². The predicted octanol–water partition coefficient (Wildman–Crippen LogP) is 3.87. The second-order valence-electron chi connectivity index (χ2n) is 9.52. The molecule has 1 spiro atoms. The third-order valence-electron chi connectivity index (χ3n) is 7.64. The van der Waals surface area contributed by atoms with E-state index in [1.54, 1.807) is 30.2 Å². The number of hydrogen-bond donors (Lipinski definition) is 2. The van der Waals surface area contributed by atoms with Gasteiger partial charge in [-0.15, -0.1) is 0 Å². The van der Waals surface area contributed by atoms with E-state index >= 15 is 0 Å². The molecule has 2 N–H and O–H groups in total. The molecule has 0 saturated carbocycles. The van der Waals surface area contributed by atoms with E-state index in [1.807, 2.05) is 19.2 Å². The van der Waals surface area contributed by atoms with Crippen LogP contribution in [0.25, 0.3) is 10.9 Å². The highest BCUT2D eigenvalue weighted by Crippen LogP contribution is 2.50. The minimum Gasteiger partial charge on any atom is -0.497 e. The van der Waals surface area contributed by atoms with Gasteiger partial charge in [-0.05, 0) is 62.8 Å². The Hall–Kier alpha value is -3.10. The van der Waals surface area contributed by atoms with Crippen molar-refractivity contribution in [3.8, 4) is 5.75 Å². The number of carbonyl (C=O) groups excluding carboxylic acids is 1. The number of aromatic nitrogens is 1. The summed E-state index contributed by atoms with van der Waals surface area (Å²) in [6.07, 6.45) is 1.78. The minimum absolute atomic E-state index is 0.134. The number of aliphatic hydroxyl groups is 1. The van der Waals surface area contributed by atoms with Gasteiger partial charge in [-0.2, -0.15) is 0 Å². The van der Waals surface area contributed by atoms with Crippen LogP contribution in [0.3, 0.4) is 0 Å². The molecule has 5 rings (SSSR count). The van der Waals surface area contributed by atoms with Gasteiger partial charge in [0.05, 0.1) is 31.0 Å². The van der Waals surface area contributed by atoms with E-state index < -0.39 is 17.9 Å². The van der Waals surface area contributed by atoms with Crippen molar-refractivity contribution in [1.82, 2.24) is 14.4 Å². The van der Waals surface area contributed by atoms with Crippen molar-refractivity contribution >= 4 is 22.6 Å². The van der Waals surface area contributed by atoms with E-state index in [4.69, 9.17) is 4.74 Å². The average Bonchev–Trinajstić information content (AvgIpc) is 3.15. The summed E-state index contributed by atoms with van der Waals surface area (Å²) in [5.74, 6) is 0.275. The quantitative estimate of drug-likeness (QED) is 0.615. The number of benzene rings is 2. The lowest BCUT2D eigenvalue weighted by molar-refractivity contribution is 0.0766. The van der Waals surface area contributed by atoms with E-state index in [-0.39, 0.29) is 17.7 Å². The second kappa shape index (κ2) is 8.60. The second-order valence-corrected chi connectivity index (χ2v) is 9.52. The van der Waals surface area contributed by atoms with Gasteiger partial charge in [0.15, 0.2) is 0 Å². The Bertz CT molecular complexity index is 1230. The van der Waals surface area contributed by atoms with Crippen LogP contribution in [0, 0.1) is 5.82 Å². The number of aryl methyl sites for hydroxylation is 1. The molecule has 3 heterocycles. The SMILES string of the molecule is COc1ccc2c3c(n(C)c2c1)[C@@H](CO)N(C(=O)Nc1ccccc1F)CC31CCN(C)CC1. The molecule has 7 nitrogen and oxygen atoms in total. The first kappa shape index (κ1) is 22.7. The molecule has 0 bridgehead atoms. The summed E-state index contributed by atoms with van der Waals surface area (Å²) in [6.45, 7) is 2.07. The Morgan fingerprint density at radius 2 is 1.94 bits per heavy atom. The number of aliphatic hydroxyl groups excluding tert-OH is 1. The van der Waals surface area contributed by atoms with Crippen LogP contribution in [-0.2, 0) is 12.5 Å². The molecule has 2 amide bonds. The molecule has 34 heavy (non-hydrogen) atoms. The Kier molecular flexibility index (Phi) is 5.73. The number of halogens is 1. The highest BCUT2D eigenvalue weighted by molar-refractivity contribution is 5.92. The lowest BCUT2D eigenvalue weighted by Crippen LogP contribution is -2.56. The molecule has 8 heteroatoms. The zero-order valence-corrected chi connectivity index (χ0v) is 19.8. The minimum atomic E-state index is -0.546. The number of anilines is 1. The topological polar surface area (TPSA) is 70.0 Å². The lowest BCUT2D eigenvalue weighted by Gasteiger charge is -2.50. The number of nitrogens with one attached hydrogen (secondary N) is 1. The molecule has 0 unspecified atom stereocenters. The molecule has 1 fully saturated rings. The van der Waals surface area contributed by atoms with Crippen LogP contribution in [0.5, 0.6) is 5.75 Å². The van der Waals surface area contributed by atoms with Crippen molar-refractivity contribution in [2.75, 3.05) is 45.7 Å². The maximum atomic E-state index is 14.3. The molecule has 1 atom stereocenters. The number of nitrogens with zero attached hydrogens (tertiary/aromatic N) is 3. The molecule has 2 aromatic carbocycles. The van der Waals surface area contributed by atoms with Crippen molar-refractivity contribution < 1.29 is 19.0 Å². The lowest BCUT2D eigenvalue weighted by atomic mass is 9.68. The van der Waals surface area contributed by atoms with E-state index in [1.165, 1.54) is 11.6 Å². The Morgan fingerprint density at radius 3 is 2.62 bits per heavy atom. The van der Waals surface area contributed by atoms with Crippen LogP contribution in [0.4, 0.5) is 14.9 Å². The van der Waals surface area contributed by atoms with E-state index in [0.29, 0.717) is 6.54 Å². The van der Waals surface area contributed by atoms with Crippen LogP contribution in [0.1, 0.15) is 30.1 Å². The number of para-hydroxylation sites is 1. The van der Waals surface area contributed by atoms with E-state index in [2.05, 4.69) is 27.9 Å². The third-order valence-corrected chi connectivity index (χ3v) is 7.64. The summed E-state index contributed by atoms with van der Waals surface area (Å²) < 4.78 is 21.8. The van der Waals surface area contributed by atoms with Crippen LogP contribution < -0.4 is 10.1 Å². The molecule has 0 aliphatic carbocycles. The molecule has 3 aromatic rings. The fourth-order valence-electron chi connectivity index (χ4n) is 5.78. The smallest absolute Gasteiger partial charge is 0.322 e. The first-order valence-electron chi connectivity index (χ1n) is 11.7. The normalized spacial score (nSPS) is 19.9. The van der Waals surface area contributed by atoms with Crippen molar-refractivity contribution in [1.29, 1.82) is 0 Å². The van der Waals surface area contributed by atoms with Gasteiger partial charge < -0.3 is 29.5 Å². The number of piperidine rings is 1. The molecule has 0 radical (unpaired) electrons. The highest BCUT2D eigenvalue weighted by atomic mass is 19.1. The third kappa shape index (κ3) is 3.52. The van der Waals surface area contributed by atoms with Gasteiger partial charge >= 0.3 is 6.03 Å². The number of ether oxygens (including phenoxy) is 1. The number of urea groups is 1. The van der Waals surface area contributed by atoms with Crippen molar-refractivity contribution in [3.63, 3.8) is 0 Å². The molecule has 1 saturated heterocycles. The van der Waals surface area contributed by atoms with E-state index in [9.17, 15) is 14.3 Å².